The van der Waals surface area contributed by atoms with Gasteiger partial charge in [0.05, 0.1) is 12.0 Å². The molecule has 0 aromatic heterocycles. The van der Waals surface area contributed by atoms with Gasteiger partial charge in [-0.15, -0.1) is 12.6 Å². The maximum Gasteiger partial charge on any atom is 0.132 e. The van der Waals surface area contributed by atoms with Crippen LogP contribution in [0.1, 0.15) is 5.56 Å². The van der Waals surface area contributed by atoms with Gasteiger partial charge in [0.1, 0.15) is 5.75 Å². The highest BCUT2D eigenvalue weighted by Gasteiger charge is 2.04. The van der Waals surface area contributed by atoms with Gasteiger partial charge in [-0.3, -0.25) is 0 Å². The van der Waals surface area contributed by atoms with Crippen LogP contribution in [0.3, 0.4) is 0 Å². The van der Waals surface area contributed by atoms with E-state index in [-0.39, 0.29) is 0 Å². The molecule has 0 atom stereocenters. The highest BCUT2D eigenvalue weighted by atomic mass is 35.5. The summed E-state index contributed by atoms with van der Waals surface area (Å²) in [7, 11) is 1.61. The summed E-state index contributed by atoms with van der Waals surface area (Å²) in [4.78, 5) is 0.806. The zero-order valence-corrected chi connectivity index (χ0v) is 8.04. The summed E-state index contributed by atoms with van der Waals surface area (Å²) in [6.07, 6.45) is 0. The van der Waals surface area contributed by atoms with Crippen LogP contribution in [-0.2, 0) is 0 Å². The Kier molecular flexibility index (Phi) is 2.68. The topological polar surface area (TPSA) is 9.23 Å². The average Bonchev–Trinajstić information content (AvgIpc) is 2.01. The Hall–Kier alpha value is -0.340. The fraction of sp³-hybridized carbons (Fsp3) is 0.250. The molecule has 0 radical (unpaired) electrons. The number of rotatable bonds is 1. The molecule has 0 amide bonds. The number of halogens is 1. The summed E-state index contributed by atoms with van der Waals surface area (Å²) < 4.78 is 5.05. The lowest BCUT2D eigenvalue weighted by Gasteiger charge is -2.06. The SMILES string of the molecule is COc1ccc(Cl)c(C)c1S. The van der Waals surface area contributed by atoms with E-state index in [0.717, 1.165) is 21.2 Å². The highest BCUT2D eigenvalue weighted by Crippen LogP contribution is 2.30. The molecule has 0 aliphatic heterocycles. The highest BCUT2D eigenvalue weighted by molar-refractivity contribution is 7.80. The number of ether oxygens (including phenoxy) is 1. The second-order valence-corrected chi connectivity index (χ2v) is 3.08. The molecule has 0 bridgehead atoms. The van der Waals surface area contributed by atoms with Crippen molar-refractivity contribution in [2.45, 2.75) is 11.8 Å². The average molecular weight is 189 g/mol. The second kappa shape index (κ2) is 3.37. The molecule has 0 N–H and O–H groups in total. The summed E-state index contributed by atoms with van der Waals surface area (Å²) >= 11 is 10.1. The maximum atomic E-state index is 5.84. The minimum absolute atomic E-state index is 0.718. The van der Waals surface area contributed by atoms with E-state index in [1.54, 1.807) is 19.2 Å². The molecule has 0 heterocycles. The van der Waals surface area contributed by atoms with Gasteiger partial charge >= 0.3 is 0 Å². The molecular weight excluding hydrogens is 180 g/mol. The molecule has 0 aliphatic carbocycles. The quantitative estimate of drug-likeness (QED) is 0.667. The van der Waals surface area contributed by atoms with Gasteiger partial charge in [0.2, 0.25) is 0 Å². The fourth-order valence-corrected chi connectivity index (χ4v) is 1.33. The van der Waals surface area contributed by atoms with Crippen LogP contribution in [0.2, 0.25) is 5.02 Å². The summed E-state index contributed by atoms with van der Waals surface area (Å²) in [5.74, 6) is 0.759. The van der Waals surface area contributed by atoms with E-state index in [9.17, 15) is 0 Å². The van der Waals surface area contributed by atoms with Gasteiger partial charge in [0.25, 0.3) is 0 Å². The third-order valence-electron chi connectivity index (χ3n) is 1.55. The first-order valence-electron chi connectivity index (χ1n) is 3.19. The van der Waals surface area contributed by atoms with Gasteiger partial charge in [-0.1, -0.05) is 11.6 Å². The first-order chi connectivity index (χ1) is 5.16. The molecule has 0 saturated carbocycles. The molecule has 0 spiro atoms. The zero-order chi connectivity index (χ0) is 8.43. The maximum absolute atomic E-state index is 5.84. The summed E-state index contributed by atoms with van der Waals surface area (Å²) in [6.45, 7) is 1.91. The van der Waals surface area contributed by atoms with Crippen LogP contribution in [0.5, 0.6) is 5.75 Å². The largest absolute Gasteiger partial charge is 0.496 e. The molecule has 11 heavy (non-hydrogen) atoms. The van der Waals surface area contributed by atoms with Gasteiger partial charge in [-0.05, 0) is 24.6 Å². The van der Waals surface area contributed by atoms with E-state index in [0.29, 0.717) is 0 Å². The van der Waals surface area contributed by atoms with E-state index < -0.39 is 0 Å². The van der Waals surface area contributed by atoms with E-state index in [1.807, 2.05) is 6.92 Å². The molecule has 0 aliphatic rings. The van der Waals surface area contributed by atoms with Crippen molar-refractivity contribution in [2.75, 3.05) is 7.11 Å². The van der Waals surface area contributed by atoms with Crippen LogP contribution >= 0.6 is 24.2 Å². The molecule has 0 saturated heterocycles. The van der Waals surface area contributed by atoms with Crippen molar-refractivity contribution < 1.29 is 4.74 Å². The predicted molar refractivity (Wildman–Crippen MR) is 50.0 cm³/mol. The van der Waals surface area contributed by atoms with E-state index in [2.05, 4.69) is 12.6 Å². The van der Waals surface area contributed by atoms with Crippen molar-refractivity contribution >= 4 is 24.2 Å². The molecule has 1 aromatic carbocycles. The van der Waals surface area contributed by atoms with Crippen molar-refractivity contribution in [3.63, 3.8) is 0 Å². The van der Waals surface area contributed by atoms with Crippen LogP contribution in [-0.4, -0.2) is 7.11 Å². The first kappa shape index (κ1) is 8.75. The monoisotopic (exact) mass is 188 g/mol. The third-order valence-corrected chi connectivity index (χ3v) is 2.51. The molecule has 1 rings (SSSR count). The predicted octanol–water partition coefficient (Wildman–Crippen LogP) is 2.95. The van der Waals surface area contributed by atoms with E-state index in [1.165, 1.54) is 0 Å². The van der Waals surface area contributed by atoms with Crippen molar-refractivity contribution in [3.05, 3.63) is 22.7 Å². The van der Waals surface area contributed by atoms with Gasteiger partial charge in [-0.25, -0.2) is 0 Å². The molecular formula is C8H9ClOS. The van der Waals surface area contributed by atoms with Crippen LogP contribution in [0, 0.1) is 6.92 Å². The van der Waals surface area contributed by atoms with Crippen molar-refractivity contribution in [3.8, 4) is 5.75 Å². The number of hydrogen-bond acceptors (Lipinski definition) is 2. The van der Waals surface area contributed by atoms with Crippen LogP contribution in [0.25, 0.3) is 0 Å². The Morgan fingerprint density at radius 1 is 1.45 bits per heavy atom. The smallest absolute Gasteiger partial charge is 0.132 e. The molecule has 1 aromatic rings. The van der Waals surface area contributed by atoms with E-state index >= 15 is 0 Å². The molecule has 3 heteroatoms. The van der Waals surface area contributed by atoms with Crippen molar-refractivity contribution in [2.24, 2.45) is 0 Å². The Labute approximate surface area is 76.7 Å². The lowest BCUT2D eigenvalue weighted by Crippen LogP contribution is -1.87. The Bertz CT molecular complexity index is 273. The number of thiol groups is 1. The summed E-state index contributed by atoms with van der Waals surface area (Å²) in [5, 5.41) is 0.718. The van der Waals surface area contributed by atoms with Crippen molar-refractivity contribution in [1.29, 1.82) is 0 Å². The normalized spacial score (nSPS) is 9.82. The summed E-state index contributed by atoms with van der Waals surface area (Å²) in [6, 6.07) is 3.60. The number of methoxy groups -OCH3 is 1. The van der Waals surface area contributed by atoms with Crippen molar-refractivity contribution in [1.82, 2.24) is 0 Å². The molecule has 0 unspecified atom stereocenters. The fourth-order valence-electron chi connectivity index (χ4n) is 0.815. The van der Waals surface area contributed by atoms with Crippen LogP contribution in [0.4, 0.5) is 0 Å². The van der Waals surface area contributed by atoms with E-state index in [4.69, 9.17) is 16.3 Å². The Balaban J connectivity index is 3.25. The number of benzene rings is 1. The van der Waals surface area contributed by atoms with Crippen LogP contribution < -0.4 is 4.74 Å². The first-order valence-corrected chi connectivity index (χ1v) is 4.01. The third kappa shape index (κ3) is 1.63. The molecule has 60 valence electrons. The van der Waals surface area contributed by atoms with Gasteiger partial charge in [-0.2, -0.15) is 0 Å². The second-order valence-electron chi connectivity index (χ2n) is 2.22. The van der Waals surface area contributed by atoms with Gasteiger partial charge in [0.15, 0.2) is 0 Å². The minimum atomic E-state index is 0.718. The Morgan fingerprint density at radius 3 is 2.64 bits per heavy atom. The lowest BCUT2D eigenvalue weighted by molar-refractivity contribution is 0.404. The van der Waals surface area contributed by atoms with Gasteiger partial charge in [0, 0.05) is 5.02 Å². The summed E-state index contributed by atoms with van der Waals surface area (Å²) in [5.41, 5.74) is 0.953. The molecule has 0 fully saturated rings. The lowest BCUT2D eigenvalue weighted by atomic mass is 10.2. The minimum Gasteiger partial charge on any atom is -0.496 e. The Morgan fingerprint density at radius 2 is 2.09 bits per heavy atom. The van der Waals surface area contributed by atoms with Gasteiger partial charge < -0.3 is 4.74 Å². The standard InChI is InChI=1S/C8H9ClOS/c1-5-6(9)3-4-7(10-2)8(5)11/h3-4,11H,1-2H3. The number of hydrogen-bond donors (Lipinski definition) is 1. The van der Waals surface area contributed by atoms with Crippen LogP contribution in [0.15, 0.2) is 17.0 Å². The zero-order valence-electron chi connectivity index (χ0n) is 6.39. The molecule has 1 nitrogen and oxygen atoms in total.